The molecule has 0 bridgehead atoms. The molecule has 170 valence electrons. The van der Waals surface area contributed by atoms with Gasteiger partial charge in [-0.05, 0) is 0 Å². The van der Waals surface area contributed by atoms with Crippen LogP contribution in [0.1, 0.15) is 27.7 Å². The van der Waals surface area contributed by atoms with Crippen molar-refractivity contribution >= 4 is 30.0 Å². The number of rotatable bonds is 6. The van der Waals surface area contributed by atoms with Gasteiger partial charge in [-0.3, -0.25) is 19.2 Å². The molecule has 13 heteroatoms. The lowest BCUT2D eigenvalue weighted by atomic mass is 9.98. The molecule has 2 heterocycles. The van der Waals surface area contributed by atoms with Crippen molar-refractivity contribution in [2.24, 2.45) is 0 Å². The van der Waals surface area contributed by atoms with Crippen LogP contribution in [0.5, 0.6) is 0 Å². The second kappa shape index (κ2) is 10.5. The van der Waals surface area contributed by atoms with Crippen LogP contribution in [0.25, 0.3) is 0 Å². The van der Waals surface area contributed by atoms with Gasteiger partial charge in [0.15, 0.2) is 12.2 Å². The summed E-state index contributed by atoms with van der Waals surface area (Å²) in [5.74, 6) is -3.04. The predicted molar refractivity (Wildman–Crippen MR) is 96.1 cm³/mol. The predicted octanol–water partition coefficient (Wildman–Crippen LogP) is -0.0491. The second-order valence-electron chi connectivity index (χ2n) is 6.42. The van der Waals surface area contributed by atoms with Crippen LogP contribution in [-0.4, -0.2) is 76.8 Å². The third kappa shape index (κ3) is 6.77. The Morgan fingerprint density at radius 2 is 1.42 bits per heavy atom. The monoisotopic (exact) mass is 442 g/mol. The van der Waals surface area contributed by atoms with Crippen molar-refractivity contribution in [2.75, 3.05) is 6.61 Å². The number of imidazole rings is 1. The van der Waals surface area contributed by atoms with Crippen LogP contribution in [0.3, 0.4) is 0 Å². The molecule has 0 saturated carbocycles. The van der Waals surface area contributed by atoms with E-state index >= 15 is 0 Å². The van der Waals surface area contributed by atoms with Crippen LogP contribution in [0.2, 0.25) is 0 Å². The van der Waals surface area contributed by atoms with Gasteiger partial charge in [-0.25, -0.2) is 14.3 Å². The number of aromatic nitrogens is 2. The maximum absolute atomic E-state index is 12.4. The quantitative estimate of drug-likeness (QED) is 0.428. The van der Waals surface area contributed by atoms with E-state index < -0.39 is 67.3 Å². The highest BCUT2D eigenvalue weighted by atomic mass is 16.8. The van der Waals surface area contributed by atoms with E-state index in [0.717, 1.165) is 38.6 Å². The maximum atomic E-state index is 12.4. The van der Waals surface area contributed by atoms with E-state index in [1.165, 1.54) is 12.4 Å². The summed E-state index contributed by atoms with van der Waals surface area (Å²) in [6, 6.07) is 0. The van der Waals surface area contributed by atoms with Gasteiger partial charge in [-0.2, -0.15) is 0 Å². The maximum Gasteiger partial charge on any atom is 0.421 e. The van der Waals surface area contributed by atoms with E-state index in [-0.39, 0.29) is 0 Å². The summed E-state index contributed by atoms with van der Waals surface area (Å²) >= 11 is 0. The Morgan fingerprint density at radius 1 is 0.839 bits per heavy atom. The van der Waals surface area contributed by atoms with Gasteiger partial charge in [-0.1, -0.05) is 0 Å². The first-order valence-corrected chi connectivity index (χ1v) is 9.08. The number of hydrogen-bond acceptors (Lipinski definition) is 12. The molecule has 0 amide bonds. The van der Waals surface area contributed by atoms with Gasteiger partial charge in [0.1, 0.15) is 19.0 Å². The fraction of sp³-hybridized carbons (Fsp3) is 0.556. The van der Waals surface area contributed by atoms with Gasteiger partial charge in [0.2, 0.25) is 12.4 Å². The van der Waals surface area contributed by atoms with E-state index in [1.807, 2.05) is 0 Å². The molecule has 1 aliphatic heterocycles. The first-order valence-electron chi connectivity index (χ1n) is 9.08. The fourth-order valence-corrected chi connectivity index (χ4v) is 2.81. The number of ether oxygens (including phenoxy) is 6. The Morgan fingerprint density at radius 3 is 1.94 bits per heavy atom. The molecule has 0 aliphatic carbocycles. The van der Waals surface area contributed by atoms with Crippen molar-refractivity contribution in [3.05, 3.63) is 18.7 Å². The molecular formula is C18H22N2O11. The number of hydrogen-bond donors (Lipinski definition) is 0. The lowest BCUT2D eigenvalue weighted by Crippen LogP contribution is -2.63. The summed E-state index contributed by atoms with van der Waals surface area (Å²) < 4.78 is 32.4. The van der Waals surface area contributed by atoms with Crippen molar-refractivity contribution < 1.29 is 52.4 Å². The van der Waals surface area contributed by atoms with Crippen molar-refractivity contribution in [3.8, 4) is 0 Å². The molecule has 1 aromatic rings. The summed E-state index contributed by atoms with van der Waals surface area (Å²) in [5.41, 5.74) is 0. The van der Waals surface area contributed by atoms with Crippen molar-refractivity contribution in [2.45, 2.75) is 58.4 Å². The largest absolute Gasteiger partial charge is 0.463 e. The average Bonchev–Trinajstić information content (AvgIpc) is 3.18. The molecule has 1 fully saturated rings. The van der Waals surface area contributed by atoms with Crippen LogP contribution in [0.15, 0.2) is 18.7 Å². The minimum Gasteiger partial charge on any atom is -0.463 e. The normalized spacial score (nSPS) is 25.1. The lowest BCUT2D eigenvalue weighted by molar-refractivity contribution is -0.294. The van der Waals surface area contributed by atoms with E-state index in [9.17, 15) is 24.0 Å². The standard InChI is InChI=1S/C18H22N2O11/c1-9(21)26-7-13-14(27-10(2)22)15(28-11(3)23)16(29-12(4)24)17(30-13)31-18(25)20-6-5-19-8-20/h5-6,8,13-17H,7H2,1-4H3/t13?,14?,15-,16-,17-/m0/s1. The van der Waals surface area contributed by atoms with Gasteiger partial charge in [0, 0.05) is 40.1 Å². The highest BCUT2D eigenvalue weighted by Crippen LogP contribution is 2.30. The minimum atomic E-state index is -1.60. The number of carbonyl (C=O) groups excluding carboxylic acids is 5. The third-order valence-corrected chi connectivity index (χ3v) is 3.88. The Hall–Kier alpha value is -3.48. The van der Waals surface area contributed by atoms with Crippen molar-refractivity contribution in [1.82, 2.24) is 9.55 Å². The lowest BCUT2D eigenvalue weighted by Gasteiger charge is -2.43. The molecule has 1 aromatic heterocycles. The molecule has 0 radical (unpaired) electrons. The molecule has 0 spiro atoms. The Bertz CT molecular complexity index is 822. The zero-order valence-electron chi connectivity index (χ0n) is 17.2. The highest BCUT2D eigenvalue weighted by molar-refractivity contribution is 5.71. The molecule has 0 aromatic carbocycles. The Labute approximate surface area is 176 Å². The molecule has 2 rings (SSSR count). The van der Waals surface area contributed by atoms with E-state index in [0.29, 0.717) is 0 Å². The van der Waals surface area contributed by atoms with E-state index in [2.05, 4.69) is 4.98 Å². The summed E-state index contributed by atoms with van der Waals surface area (Å²) in [6.45, 7) is 3.96. The first kappa shape index (κ1) is 23.8. The zero-order valence-corrected chi connectivity index (χ0v) is 17.2. The zero-order chi connectivity index (χ0) is 23.1. The van der Waals surface area contributed by atoms with Crippen LogP contribution in [0.4, 0.5) is 4.79 Å². The van der Waals surface area contributed by atoms with Crippen LogP contribution in [-0.2, 0) is 47.6 Å². The summed E-state index contributed by atoms with van der Waals surface area (Å²) in [7, 11) is 0. The van der Waals surface area contributed by atoms with Crippen LogP contribution >= 0.6 is 0 Å². The topological polar surface area (TPSA) is 159 Å². The molecule has 0 N–H and O–H groups in total. The minimum absolute atomic E-state index is 0.434. The molecular weight excluding hydrogens is 420 g/mol. The summed E-state index contributed by atoms with van der Waals surface area (Å²) in [5, 5.41) is 0. The molecule has 31 heavy (non-hydrogen) atoms. The molecule has 5 atom stereocenters. The molecule has 13 nitrogen and oxygen atoms in total. The number of nitrogens with zero attached hydrogens (tertiary/aromatic N) is 2. The Balaban J connectivity index is 2.41. The van der Waals surface area contributed by atoms with E-state index in [1.54, 1.807) is 0 Å². The van der Waals surface area contributed by atoms with Gasteiger partial charge in [0.05, 0.1) is 0 Å². The van der Waals surface area contributed by atoms with Crippen molar-refractivity contribution in [1.29, 1.82) is 0 Å². The van der Waals surface area contributed by atoms with Gasteiger partial charge < -0.3 is 28.4 Å². The SMILES string of the molecule is CC(=O)OCC1O[C@@H](OC(=O)n2ccnc2)[C@@H](OC(C)=O)[C@@H](OC(C)=O)C1OC(C)=O. The summed E-state index contributed by atoms with van der Waals surface area (Å²) in [4.78, 5) is 62.4. The highest BCUT2D eigenvalue weighted by Gasteiger charge is 2.53. The smallest absolute Gasteiger partial charge is 0.421 e. The van der Waals surface area contributed by atoms with Gasteiger partial charge in [0.25, 0.3) is 0 Å². The molecule has 1 aliphatic rings. The van der Waals surface area contributed by atoms with Gasteiger partial charge in [-0.15, -0.1) is 0 Å². The number of carbonyl (C=O) groups is 5. The second-order valence-corrected chi connectivity index (χ2v) is 6.42. The third-order valence-electron chi connectivity index (χ3n) is 3.88. The summed E-state index contributed by atoms with van der Waals surface area (Å²) in [6.07, 6.45) is -4.24. The first-order chi connectivity index (χ1) is 14.6. The van der Waals surface area contributed by atoms with Crippen molar-refractivity contribution in [3.63, 3.8) is 0 Å². The van der Waals surface area contributed by atoms with Gasteiger partial charge >= 0.3 is 30.0 Å². The van der Waals surface area contributed by atoms with Crippen LogP contribution < -0.4 is 0 Å². The average molecular weight is 442 g/mol. The fourth-order valence-electron chi connectivity index (χ4n) is 2.81. The molecule has 2 unspecified atom stereocenters. The number of esters is 4. The Kier molecular flexibility index (Phi) is 8.07. The molecule has 1 saturated heterocycles. The van der Waals surface area contributed by atoms with E-state index in [4.69, 9.17) is 28.4 Å². The van der Waals surface area contributed by atoms with Crippen LogP contribution in [0, 0.1) is 0 Å².